The van der Waals surface area contributed by atoms with Crippen molar-refractivity contribution in [2.24, 2.45) is 5.73 Å². The molecule has 0 bridgehead atoms. The maximum Gasteiger partial charge on any atom is 0.312 e. The van der Waals surface area contributed by atoms with E-state index in [1.807, 2.05) is 12.1 Å². The fourth-order valence-corrected chi connectivity index (χ4v) is 1.61. The molecule has 2 amide bonds. The molecule has 0 unspecified atom stereocenters. The zero-order valence-electron chi connectivity index (χ0n) is 8.66. The number of nitrogens with two attached hydrogens (primary N) is 1. The van der Waals surface area contributed by atoms with E-state index in [-0.39, 0.29) is 5.75 Å². The van der Waals surface area contributed by atoms with Crippen molar-refractivity contribution < 1.29 is 9.90 Å². The molecule has 0 aromatic heterocycles. The van der Waals surface area contributed by atoms with Gasteiger partial charge in [-0.15, -0.1) is 0 Å². The lowest BCUT2D eigenvalue weighted by atomic mass is 10.2. The molecule has 0 heterocycles. The van der Waals surface area contributed by atoms with E-state index in [0.717, 1.165) is 5.56 Å². The van der Waals surface area contributed by atoms with Gasteiger partial charge in [0.2, 0.25) is 0 Å². The molecule has 1 aromatic carbocycles. The number of carbonyl (C=O) groups excluding carboxylic acids is 1. The van der Waals surface area contributed by atoms with Crippen molar-refractivity contribution in [2.45, 2.75) is 6.54 Å². The largest absolute Gasteiger partial charge is 0.506 e. The van der Waals surface area contributed by atoms with Gasteiger partial charge < -0.3 is 21.5 Å². The van der Waals surface area contributed by atoms with E-state index < -0.39 is 6.03 Å². The Kier molecular flexibility index (Phi) is 5.07. The van der Waals surface area contributed by atoms with Crippen LogP contribution in [-0.2, 0) is 6.54 Å². The maximum absolute atomic E-state index is 10.4. The summed E-state index contributed by atoms with van der Waals surface area (Å²) in [6.07, 6.45) is 0. The first kappa shape index (κ1) is 12.8. The molecule has 5 N–H and O–H groups in total. The van der Waals surface area contributed by atoms with Crippen molar-refractivity contribution in [1.29, 1.82) is 0 Å². The zero-order valence-corrected chi connectivity index (χ0v) is 10.3. The van der Waals surface area contributed by atoms with E-state index in [9.17, 15) is 9.90 Å². The Bertz CT molecular complexity index is 371. The Morgan fingerprint density at radius 1 is 1.44 bits per heavy atom. The van der Waals surface area contributed by atoms with Gasteiger partial charge in [-0.25, -0.2) is 4.79 Å². The fourth-order valence-electron chi connectivity index (χ4n) is 1.20. The number of amides is 2. The van der Waals surface area contributed by atoms with Gasteiger partial charge in [0.1, 0.15) is 5.75 Å². The monoisotopic (exact) mass is 287 g/mol. The van der Waals surface area contributed by atoms with Crippen LogP contribution >= 0.6 is 15.9 Å². The molecule has 0 spiro atoms. The summed E-state index contributed by atoms with van der Waals surface area (Å²) in [6.45, 7) is 1.59. The quantitative estimate of drug-likeness (QED) is 0.607. The zero-order chi connectivity index (χ0) is 12.0. The molecule has 0 fully saturated rings. The van der Waals surface area contributed by atoms with Crippen molar-refractivity contribution in [3.8, 4) is 5.75 Å². The molecule has 0 aliphatic heterocycles. The molecule has 1 aromatic rings. The third kappa shape index (κ3) is 4.08. The third-order valence-corrected chi connectivity index (χ3v) is 2.63. The third-order valence-electron chi connectivity index (χ3n) is 1.99. The number of rotatable bonds is 5. The molecule has 0 aliphatic carbocycles. The molecule has 16 heavy (non-hydrogen) atoms. The summed E-state index contributed by atoms with van der Waals surface area (Å²) in [5, 5.41) is 15.2. The number of nitrogens with one attached hydrogen (secondary N) is 2. The van der Waals surface area contributed by atoms with Crippen LogP contribution in [0, 0.1) is 0 Å². The minimum Gasteiger partial charge on any atom is -0.506 e. The molecule has 88 valence electrons. The minimum atomic E-state index is -0.535. The van der Waals surface area contributed by atoms with Crippen LogP contribution in [0.4, 0.5) is 4.79 Å². The average molecular weight is 288 g/mol. The highest BCUT2D eigenvalue weighted by molar-refractivity contribution is 9.10. The van der Waals surface area contributed by atoms with Crippen LogP contribution in [0.2, 0.25) is 0 Å². The van der Waals surface area contributed by atoms with Gasteiger partial charge in [0, 0.05) is 25.2 Å². The van der Waals surface area contributed by atoms with Crippen molar-refractivity contribution in [3.05, 3.63) is 28.2 Å². The molecule has 1 rings (SSSR count). The lowest BCUT2D eigenvalue weighted by molar-refractivity contribution is 0.249. The summed E-state index contributed by atoms with van der Waals surface area (Å²) in [4.78, 5) is 10.4. The predicted octanol–water partition coefficient (Wildman–Crippen LogP) is 0.913. The molecule has 0 aliphatic rings. The summed E-state index contributed by atoms with van der Waals surface area (Å²) < 4.78 is 0.669. The summed E-state index contributed by atoms with van der Waals surface area (Å²) in [7, 11) is 0. The number of carbonyl (C=O) groups is 1. The van der Waals surface area contributed by atoms with Gasteiger partial charge in [-0.3, -0.25) is 0 Å². The van der Waals surface area contributed by atoms with Gasteiger partial charge >= 0.3 is 6.03 Å². The van der Waals surface area contributed by atoms with Crippen LogP contribution in [0.15, 0.2) is 22.7 Å². The van der Waals surface area contributed by atoms with Crippen molar-refractivity contribution in [2.75, 3.05) is 13.1 Å². The molecule has 0 radical (unpaired) electrons. The van der Waals surface area contributed by atoms with E-state index in [1.54, 1.807) is 6.07 Å². The molecule has 0 atom stereocenters. The number of phenolic OH excluding ortho intramolecular Hbond substituents is 1. The molecular weight excluding hydrogens is 274 g/mol. The van der Waals surface area contributed by atoms with E-state index in [0.29, 0.717) is 24.1 Å². The Morgan fingerprint density at radius 2 is 2.19 bits per heavy atom. The van der Waals surface area contributed by atoms with E-state index in [4.69, 9.17) is 5.73 Å². The molecule has 0 saturated carbocycles. The van der Waals surface area contributed by atoms with Gasteiger partial charge in [-0.05, 0) is 22.0 Å². The lowest BCUT2D eigenvalue weighted by Crippen LogP contribution is -2.35. The normalized spacial score (nSPS) is 10.1. The van der Waals surface area contributed by atoms with Crippen molar-refractivity contribution in [1.82, 2.24) is 10.6 Å². The smallest absolute Gasteiger partial charge is 0.312 e. The van der Waals surface area contributed by atoms with Gasteiger partial charge in [-0.2, -0.15) is 0 Å². The van der Waals surface area contributed by atoms with Gasteiger partial charge in [0.05, 0.1) is 4.47 Å². The number of urea groups is 1. The van der Waals surface area contributed by atoms with Crippen LogP contribution in [-0.4, -0.2) is 24.2 Å². The van der Waals surface area contributed by atoms with Crippen LogP contribution < -0.4 is 16.4 Å². The van der Waals surface area contributed by atoms with Crippen LogP contribution in [0.1, 0.15) is 5.56 Å². The second kappa shape index (κ2) is 6.34. The van der Waals surface area contributed by atoms with Crippen LogP contribution in [0.25, 0.3) is 0 Å². The fraction of sp³-hybridized carbons (Fsp3) is 0.300. The second-order valence-electron chi connectivity index (χ2n) is 3.22. The minimum absolute atomic E-state index is 0.234. The first-order valence-corrected chi connectivity index (χ1v) is 5.61. The van der Waals surface area contributed by atoms with Crippen LogP contribution in [0.5, 0.6) is 5.75 Å². The highest BCUT2D eigenvalue weighted by atomic mass is 79.9. The van der Waals surface area contributed by atoms with E-state index in [1.165, 1.54) is 0 Å². The Labute approximate surface area is 102 Å². The Balaban J connectivity index is 2.32. The number of primary amides is 1. The number of halogens is 1. The first-order valence-electron chi connectivity index (χ1n) is 4.81. The van der Waals surface area contributed by atoms with Gasteiger partial charge in [0.15, 0.2) is 0 Å². The predicted molar refractivity (Wildman–Crippen MR) is 65.1 cm³/mol. The SMILES string of the molecule is NC(=O)NCCNCc1cccc(Br)c1O. The maximum atomic E-state index is 10.4. The highest BCUT2D eigenvalue weighted by Crippen LogP contribution is 2.26. The number of para-hydroxylation sites is 1. The Hall–Kier alpha value is -1.27. The standard InChI is InChI=1S/C10H14BrN3O2/c11-8-3-1-2-7(9(8)15)6-13-4-5-14-10(12)16/h1-3,13,15H,4-6H2,(H3,12,14,16). The molecular formula is C10H14BrN3O2. The summed E-state index contributed by atoms with van der Waals surface area (Å²) in [6, 6.07) is 4.91. The number of aromatic hydroxyl groups is 1. The molecule has 5 nitrogen and oxygen atoms in total. The van der Waals surface area contributed by atoms with E-state index in [2.05, 4.69) is 26.6 Å². The average Bonchev–Trinajstić information content (AvgIpc) is 2.23. The molecule has 6 heteroatoms. The highest BCUT2D eigenvalue weighted by Gasteiger charge is 2.03. The van der Waals surface area contributed by atoms with Gasteiger partial charge in [-0.1, -0.05) is 12.1 Å². The number of phenols is 1. The number of benzene rings is 1. The van der Waals surface area contributed by atoms with Gasteiger partial charge in [0.25, 0.3) is 0 Å². The number of hydrogen-bond acceptors (Lipinski definition) is 3. The topological polar surface area (TPSA) is 87.4 Å². The van der Waals surface area contributed by atoms with Crippen molar-refractivity contribution in [3.63, 3.8) is 0 Å². The lowest BCUT2D eigenvalue weighted by Gasteiger charge is -2.08. The van der Waals surface area contributed by atoms with Crippen LogP contribution in [0.3, 0.4) is 0 Å². The summed E-state index contributed by atoms with van der Waals surface area (Å²) >= 11 is 3.24. The second-order valence-corrected chi connectivity index (χ2v) is 4.07. The number of hydrogen-bond donors (Lipinski definition) is 4. The van der Waals surface area contributed by atoms with Crippen molar-refractivity contribution >= 4 is 22.0 Å². The molecule has 0 saturated heterocycles. The van der Waals surface area contributed by atoms with E-state index >= 15 is 0 Å². The summed E-state index contributed by atoms with van der Waals surface area (Å²) in [5.74, 6) is 0.234. The Morgan fingerprint density at radius 3 is 2.88 bits per heavy atom. The summed E-state index contributed by atoms with van der Waals surface area (Å²) in [5.41, 5.74) is 5.71. The first-order chi connectivity index (χ1) is 7.61.